The van der Waals surface area contributed by atoms with Crippen molar-refractivity contribution in [2.24, 2.45) is 5.41 Å². The fraction of sp³-hybridized carbons (Fsp3) is 0.412. The molecule has 0 unspecified atom stereocenters. The standard InChI is InChI=1S/C17H20N2OS/c1-17(2)6-3-9-19(12-17)16(20)14-10-15(21-11-14)13-4-7-18-8-5-13/h4-5,7-8,10-11H,3,6,9,12H2,1-2H3. The summed E-state index contributed by atoms with van der Waals surface area (Å²) in [5, 5.41) is 1.97. The molecule has 0 atom stereocenters. The summed E-state index contributed by atoms with van der Waals surface area (Å²) < 4.78 is 0. The minimum atomic E-state index is 0.166. The van der Waals surface area contributed by atoms with Crippen LogP contribution in [0.4, 0.5) is 0 Å². The second kappa shape index (κ2) is 5.60. The normalized spacial score (nSPS) is 17.7. The number of aromatic nitrogens is 1. The lowest BCUT2D eigenvalue weighted by Crippen LogP contribution is -2.43. The van der Waals surface area contributed by atoms with Gasteiger partial charge in [-0.2, -0.15) is 0 Å². The summed E-state index contributed by atoms with van der Waals surface area (Å²) in [4.78, 5) is 19.8. The van der Waals surface area contributed by atoms with E-state index in [2.05, 4.69) is 18.8 Å². The molecule has 1 saturated heterocycles. The van der Waals surface area contributed by atoms with E-state index >= 15 is 0 Å². The van der Waals surface area contributed by atoms with Gasteiger partial charge in [0.2, 0.25) is 0 Å². The van der Waals surface area contributed by atoms with Gasteiger partial charge in [0.15, 0.2) is 0 Å². The molecule has 0 aromatic carbocycles. The molecule has 21 heavy (non-hydrogen) atoms. The predicted octanol–water partition coefficient (Wildman–Crippen LogP) is 4.07. The Labute approximate surface area is 129 Å². The van der Waals surface area contributed by atoms with Gasteiger partial charge in [-0.05, 0) is 42.0 Å². The number of hydrogen-bond acceptors (Lipinski definition) is 3. The van der Waals surface area contributed by atoms with Gasteiger partial charge in [-0.25, -0.2) is 0 Å². The van der Waals surface area contributed by atoms with E-state index in [1.807, 2.05) is 28.5 Å². The molecule has 3 rings (SSSR count). The predicted molar refractivity (Wildman–Crippen MR) is 86.5 cm³/mol. The molecular weight excluding hydrogens is 280 g/mol. The first-order valence-electron chi connectivity index (χ1n) is 7.33. The molecule has 2 aromatic rings. The molecule has 1 aliphatic rings. The quantitative estimate of drug-likeness (QED) is 0.837. The van der Waals surface area contributed by atoms with Crippen molar-refractivity contribution in [3.05, 3.63) is 41.5 Å². The van der Waals surface area contributed by atoms with Crippen molar-refractivity contribution in [3.8, 4) is 10.4 Å². The van der Waals surface area contributed by atoms with E-state index in [0.717, 1.165) is 35.5 Å². The lowest BCUT2D eigenvalue weighted by atomic mass is 9.84. The average molecular weight is 300 g/mol. The summed E-state index contributed by atoms with van der Waals surface area (Å²) in [6.07, 6.45) is 5.86. The zero-order valence-corrected chi connectivity index (χ0v) is 13.3. The van der Waals surface area contributed by atoms with Crippen LogP contribution in [0.25, 0.3) is 10.4 Å². The second-order valence-corrected chi connectivity index (χ2v) is 7.34. The first kappa shape index (κ1) is 14.3. The van der Waals surface area contributed by atoms with Crippen molar-refractivity contribution < 1.29 is 4.79 Å². The van der Waals surface area contributed by atoms with Crippen LogP contribution < -0.4 is 0 Å². The van der Waals surface area contributed by atoms with Gasteiger partial charge in [0.1, 0.15) is 0 Å². The van der Waals surface area contributed by atoms with Gasteiger partial charge in [0.25, 0.3) is 5.91 Å². The van der Waals surface area contributed by atoms with Gasteiger partial charge in [-0.3, -0.25) is 9.78 Å². The van der Waals surface area contributed by atoms with E-state index in [0.29, 0.717) is 0 Å². The molecule has 4 heteroatoms. The van der Waals surface area contributed by atoms with E-state index in [1.165, 1.54) is 6.42 Å². The van der Waals surface area contributed by atoms with E-state index in [1.54, 1.807) is 23.7 Å². The number of pyridine rings is 1. The van der Waals surface area contributed by atoms with Crippen molar-refractivity contribution in [1.82, 2.24) is 9.88 Å². The lowest BCUT2D eigenvalue weighted by molar-refractivity contribution is 0.0584. The Bertz CT molecular complexity index is 633. The molecule has 0 spiro atoms. The highest BCUT2D eigenvalue weighted by atomic mass is 32.1. The minimum absolute atomic E-state index is 0.166. The van der Waals surface area contributed by atoms with E-state index in [9.17, 15) is 4.79 Å². The van der Waals surface area contributed by atoms with Gasteiger partial charge >= 0.3 is 0 Å². The molecule has 1 aliphatic heterocycles. The Morgan fingerprint density at radius 3 is 2.81 bits per heavy atom. The fourth-order valence-corrected chi connectivity index (χ4v) is 3.79. The van der Waals surface area contributed by atoms with E-state index < -0.39 is 0 Å². The molecule has 0 saturated carbocycles. The summed E-state index contributed by atoms with van der Waals surface area (Å²) >= 11 is 1.62. The van der Waals surface area contributed by atoms with Crippen LogP contribution in [-0.2, 0) is 0 Å². The van der Waals surface area contributed by atoms with Gasteiger partial charge in [-0.15, -0.1) is 11.3 Å². The van der Waals surface area contributed by atoms with Gasteiger partial charge in [-0.1, -0.05) is 13.8 Å². The van der Waals surface area contributed by atoms with Crippen LogP contribution in [0.5, 0.6) is 0 Å². The molecule has 0 N–H and O–H groups in total. The molecule has 0 bridgehead atoms. The number of nitrogens with zero attached hydrogens (tertiary/aromatic N) is 2. The van der Waals surface area contributed by atoms with Crippen LogP contribution in [0.1, 0.15) is 37.0 Å². The van der Waals surface area contributed by atoms with Crippen LogP contribution in [-0.4, -0.2) is 28.9 Å². The zero-order chi connectivity index (χ0) is 14.9. The van der Waals surface area contributed by atoms with Gasteiger partial charge in [0, 0.05) is 35.7 Å². The van der Waals surface area contributed by atoms with Crippen LogP contribution in [0.3, 0.4) is 0 Å². The van der Waals surface area contributed by atoms with Crippen molar-refractivity contribution in [2.45, 2.75) is 26.7 Å². The largest absolute Gasteiger partial charge is 0.338 e. The monoisotopic (exact) mass is 300 g/mol. The third-order valence-corrected chi connectivity index (χ3v) is 4.98. The Balaban J connectivity index is 1.78. The molecule has 1 amide bonds. The Morgan fingerprint density at radius 2 is 2.10 bits per heavy atom. The smallest absolute Gasteiger partial charge is 0.254 e. The van der Waals surface area contributed by atoms with Crippen molar-refractivity contribution in [1.29, 1.82) is 0 Å². The number of likely N-dealkylation sites (tertiary alicyclic amines) is 1. The van der Waals surface area contributed by atoms with Crippen molar-refractivity contribution in [2.75, 3.05) is 13.1 Å². The summed E-state index contributed by atoms with van der Waals surface area (Å²) in [5.41, 5.74) is 2.16. The maximum Gasteiger partial charge on any atom is 0.254 e. The number of thiophene rings is 1. The summed E-state index contributed by atoms with van der Waals surface area (Å²) in [6, 6.07) is 5.96. The van der Waals surface area contributed by atoms with E-state index in [-0.39, 0.29) is 11.3 Å². The van der Waals surface area contributed by atoms with Crippen LogP contribution in [0.2, 0.25) is 0 Å². The van der Waals surface area contributed by atoms with Crippen LogP contribution in [0.15, 0.2) is 36.0 Å². The number of rotatable bonds is 2. The molecule has 2 aromatic heterocycles. The Hall–Kier alpha value is -1.68. The van der Waals surface area contributed by atoms with Crippen LogP contribution in [0, 0.1) is 5.41 Å². The van der Waals surface area contributed by atoms with Crippen LogP contribution >= 0.6 is 11.3 Å². The first-order valence-corrected chi connectivity index (χ1v) is 8.21. The highest BCUT2D eigenvalue weighted by molar-refractivity contribution is 7.13. The van der Waals surface area contributed by atoms with E-state index in [4.69, 9.17) is 0 Å². The highest BCUT2D eigenvalue weighted by Gasteiger charge is 2.29. The molecule has 3 nitrogen and oxygen atoms in total. The number of hydrogen-bond donors (Lipinski definition) is 0. The molecule has 0 aliphatic carbocycles. The second-order valence-electron chi connectivity index (χ2n) is 6.43. The molecule has 1 fully saturated rings. The van der Waals surface area contributed by atoms with Crippen molar-refractivity contribution in [3.63, 3.8) is 0 Å². The zero-order valence-electron chi connectivity index (χ0n) is 12.5. The lowest BCUT2D eigenvalue weighted by Gasteiger charge is -2.37. The number of carbonyl (C=O) groups excluding carboxylic acids is 1. The third-order valence-electron chi connectivity index (χ3n) is 4.00. The molecule has 110 valence electrons. The fourth-order valence-electron chi connectivity index (χ4n) is 2.90. The maximum absolute atomic E-state index is 12.7. The highest BCUT2D eigenvalue weighted by Crippen LogP contribution is 2.31. The van der Waals surface area contributed by atoms with Gasteiger partial charge in [0.05, 0.1) is 5.56 Å². The third kappa shape index (κ3) is 3.16. The number of piperidine rings is 1. The topological polar surface area (TPSA) is 33.2 Å². The molecular formula is C17H20N2OS. The minimum Gasteiger partial charge on any atom is -0.338 e. The average Bonchev–Trinajstić information content (AvgIpc) is 2.96. The van der Waals surface area contributed by atoms with Crippen molar-refractivity contribution >= 4 is 17.2 Å². The summed E-state index contributed by atoms with van der Waals surface area (Å²) in [7, 11) is 0. The SMILES string of the molecule is CC1(C)CCCN(C(=O)c2csc(-c3ccncc3)c2)C1. The Morgan fingerprint density at radius 1 is 1.33 bits per heavy atom. The molecule has 3 heterocycles. The summed E-state index contributed by atoms with van der Waals surface area (Å²) in [6.45, 7) is 6.21. The number of carbonyl (C=O) groups is 1. The molecule has 0 radical (unpaired) electrons. The maximum atomic E-state index is 12.7. The first-order chi connectivity index (χ1) is 10.1. The summed E-state index contributed by atoms with van der Waals surface area (Å²) in [5.74, 6) is 0.166. The van der Waals surface area contributed by atoms with Gasteiger partial charge < -0.3 is 4.90 Å². The number of amides is 1. The Kier molecular flexibility index (Phi) is 3.81.